The maximum atomic E-state index is 13.9. The van der Waals surface area contributed by atoms with Crippen LogP contribution in [0.25, 0.3) is 16.9 Å². The van der Waals surface area contributed by atoms with Crippen LogP contribution >= 0.6 is 15.9 Å². The van der Waals surface area contributed by atoms with Crippen LogP contribution < -0.4 is 5.73 Å². The van der Waals surface area contributed by atoms with Crippen LogP contribution in [-0.2, 0) is 16.0 Å². The molecule has 1 aliphatic heterocycles. The summed E-state index contributed by atoms with van der Waals surface area (Å²) < 4.78 is 36.3. The first-order valence-electron chi connectivity index (χ1n) is 11.4. The van der Waals surface area contributed by atoms with Crippen LogP contribution in [0.2, 0.25) is 0 Å². The number of carbonyl (C=O) groups is 1. The second-order valence-electron chi connectivity index (χ2n) is 8.63. The van der Waals surface area contributed by atoms with Gasteiger partial charge in [0.15, 0.2) is 6.23 Å². The fourth-order valence-electron chi connectivity index (χ4n) is 4.24. The van der Waals surface area contributed by atoms with Gasteiger partial charge in [-0.25, -0.2) is 13.5 Å². The number of halogens is 3. The minimum atomic E-state index is -0.713. The Kier molecular flexibility index (Phi) is 6.59. The number of rotatable bonds is 6. The Morgan fingerprint density at radius 3 is 2.47 bits per heavy atom. The minimum Gasteiger partial charge on any atom is -0.396 e. The molecule has 4 aromatic rings. The molecule has 2 atom stereocenters. The number of nitrogens with zero attached hydrogens (tertiary/aromatic N) is 3. The van der Waals surface area contributed by atoms with E-state index < -0.39 is 18.1 Å². The molecule has 1 fully saturated rings. The van der Waals surface area contributed by atoms with Crippen LogP contribution in [0.1, 0.15) is 24.3 Å². The quantitative estimate of drug-likeness (QED) is 0.313. The Morgan fingerprint density at radius 2 is 1.78 bits per heavy atom. The van der Waals surface area contributed by atoms with E-state index in [1.807, 2.05) is 30.5 Å². The molecule has 0 saturated carbocycles. The summed E-state index contributed by atoms with van der Waals surface area (Å²) in [7, 11) is 0. The number of aromatic nitrogens is 2. The number of benzene rings is 3. The third-order valence-electron chi connectivity index (χ3n) is 6.17. The van der Waals surface area contributed by atoms with Crippen molar-refractivity contribution in [3.63, 3.8) is 0 Å². The number of hydrogen-bond acceptors (Lipinski definition) is 4. The van der Waals surface area contributed by atoms with Crippen LogP contribution in [0.4, 0.5) is 14.5 Å². The molecule has 6 nitrogen and oxygen atoms in total. The summed E-state index contributed by atoms with van der Waals surface area (Å²) in [5, 5.41) is 4.78. The van der Waals surface area contributed by atoms with Gasteiger partial charge in [-0.3, -0.25) is 4.79 Å². The maximum Gasteiger partial charge on any atom is 0.253 e. The van der Waals surface area contributed by atoms with E-state index in [2.05, 4.69) is 15.9 Å². The van der Waals surface area contributed by atoms with Crippen LogP contribution in [-0.4, -0.2) is 33.2 Å². The van der Waals surface area contributed by atoms with Gasteiger partial charge in [-0.1, -0.05) is 22.0 Å². The first-order chi connectivity index (χ1) is 17.3. The largest absolute Gasteiger partial charge is 0.396 e. The van der Waals surface area contributed by atoms with E-state index in [4.69, 9.17) is 15.6 Å². The molecule has 0 aliphatic carbocycles. The van der Waals surface area contributed by atoms with E-state index in [1.54, 1.807) is 34.7 Å². The highest BCUT2D eigenvalue weighted by Crippen LogP contribution is 2.37. The van der Waals surface area contributed by atoms with Gasteiger partial charge < -0.3 is 15.4 Å². The van der Waals surface area contributed by atoms with Gasteiger partial charge in [0.05, 0.1) is 11.4 Å². The second kappa shape index (κ2) is 9.83. The van der Waals surface area contributed by atoms with Crippen molar-refractivity contribution in [2.75, 3.05) is 12.3 Å². The summed E-state index contributed by atoms with van der Waals surface area (Å²) >= 11 is 3.44. The molecule has 36 heavy (non-hydrogen) atoms. The first-order valence-corrected chi connectivity index (χ1v) is 12.2. The van der Waals surface area contributed by atoms with Crippen molar-refractivity contribution >= 4 is 27.5 Å². The van der Waals surface area contributed by atoms with Gasteiger partial charge in [0.1, 0.15) is 23.4 Å². The van der Waals surface area contributed by atoms with E-state index >= 15 is 0 Å². The van der Waals surface area contributed by atoms with Crippen LogP contribution in [0.3, 0.4) is 0 Å². The van der Waals surface area contributed by atoms with Gasteiger partial charge in [0, 0.05) is 28.3 Å². The van der Waals surface area contributed by atoms with E-state index in [0.29, 0.717) is 29.8 Å². The van der Waals surface area contributed by atoms with Crippen molar-refractivity contribution in [1.82, 2.24) is 14.7 Å². The molecule has 3 aromatic carbocycles. The summed E-state index contributed by atoms with van der Waals surface area (Å²) in [5.74, 6) is -1.01. The highest BCUT2D eigenvalue weighted by atomic mass is 79.9. The third kappa shape index (κ3) is 4.76. The van der Waals surface area contributed by atoms with E-state index in [1.165, 1.54) is 24.3 Å². The highest BCUT2D eigenvalue weighted by Gasteiger charge is 2.40. The standard InChI is InChI=1S/C27H23BrF2N4O2/c1-16-26(35)33(13-12-17-2-11-24(31)23(30)14-17)27(36-16)22-15-34(21-9-5-19(28)6-10-21)32-25(22)18-3-7-20(29)8-4-18/h2-11,14-16,27H,12-13,31H2,1H3/t16-,27-/m0/s1. The first kappa shape index (κ1) is 24.1. The summed E-state index contributed by atoms with van der Waals surface area (Å²) in [6, 6.07) is 18.3. The van der Waals surface area contributed by atoms with Crippen LogP contribution in [0.15, 0.2) is 77.4 Å². The Bertz CT molecular complexity index is 1410. The highest BCUT2D eigenvalue weighted by molar-refractivity contribution is 9.10. The molecule has 9 heteroatoms. The summed E-state index contributed by atoms with van der Waals surface area (Å²) in [6.07, 6.45) is 0.876. The number of amides is 1. The second-order valence-corrected chi connectivity index (χ2v) is 9.54. The Hall–Kier alpha value is -3.56. The zero-order valence-corrected chi connectivity index (χ0v) is 21.0. The number of nitrogen functional groups attached to an aromatic ring is 1. The maximum absolute atomic E-state index is 13.9. The molecule has 0 unspecified atom stereocenters. The van der Waals surface area contributed by atoms with Crippen molar-refractivity contribution in [2.24, 2.45) is 0 Å². The molecule has 0 spiro atoms. The smallest absolute Gasteiger partial charge is 0.253 e. The van der Waals surface area contributed by atoms with Crippen molar-refractivity contribution in [3.05, 3.63) is 100 Å². The molecule has 0 radical (unpaired) electrons. The van der Waals surface area contributed by atoms with Crippen molar-refractivity contribution in [3.8, 4) is 16.9 Å². The summed E-state index contributed by atoms with van der Waals surface area (Å²) in [6.45, 7) is 2.01. The van der Waals surface area contributed by atoms with Crippen molar-refractivity contribution in [1.29, 1.82) is 0 Å². The van der Waals surface area contributed by atoms with Gasteiger partial charge in [-0.2, -0.15) is 5.10 Å². The lowest BCUT2D eigenvalue weighted by molar-refractivity contribution is -0.130. The zero-order chi connectivity index (χ0) is 25.4. The fourth-order valence-corrected chi connectivity index (χ4v) is 4.51. The predicted octanol–water partition coefficient (Wildman–Crippen LogP) is 5.65. The predicted molar refractivity (Wildman–Crippen MR) is 136 cm³/mol. The molecule has 1 saturated heterocycles. The summed E-state index contributed by atoms with van der Waals surface area (Å²) in [4.78, 5) is 14.7. The molecule has 1 amide bonds. The molecule has 1 aromatic heterocycles. The number of carbonyl (C=O) groups excluding carboxylic acids is 1. The average Bonchev–Trinajstić information content (AvgIpc) is 3.42. The number of nitrogens with two attached hydrogens (primary N) is 1. The monoisotopic (exact) mass is 552 g/mol. The lowest BCUT2D eigenvalue weighted by atomic mass is 10.1. The van der Waals surface area contributed by atoms with Crippen LogP contribution in [0.5, 0.6) is 0 Å². The molecule has 184 valence electrons. The Morgan fingerprint density at radius 1 is 1.06 bits per heavy atom. The normalized spacial score (nSPS) is 17.7. The molecule has 5 rings (SSSR count). The Balaban J connectivity index is 1.53. The fraction of sp³-hybridized carbons (Fsp3) is 0.185. The zero-order valence-electron chi connectivity index (χ0n) is 19.4. The van der Waals surface area contributed by atoms with Gasteiger partial charge in [0.2, 0.25) is 0 Å². The van der Waals surface area contributed by atoms with Gasteiger partial charge in [-0.05, 0) is 79.6 Å². The lowest BCUT2D eigenvalue weighted by Gasteiger charge is -2.23. The molecular weight excluding hydrogens is 530 g/mol. The van der Waals surface area contributed by atoms with Gasteiger partial charge >= 0.3 is 0 Å². The molecule has 1 aliphatic rings. The third-order valence-corrected chi connectivity index (χ3v) is 6.70. The topological polar surface area (TPSA) is 73.4 Å². The lowest BCUT2D eigenvalue weighted by Crippen LogP contribution is -2.32. The summed E-state index contributed by atoms with van der Waals surface area (Å²) in [5.41, 5.74) is 9.14. The molecule has 2 heterocycles. The van der Waals surface area contributed by atoms with E-state index in [0.717, 1.165) is 15.7 Å². The minimum absolute atomic E-state index is 0.0788. The SMILES string of the molecule is C[C@@H]1O[C@@H](c2cn(-c3ccc(Br)cc3)nc2-c2ccc(F)cc2)N(CCc2ccc(N)c(F)c2)C1=O. The van der Waals surface area contributed by atoms with Crippen molar-refractivity contribution in [2.45, 2.75) is 25.7 Å². The molecule has 2 N–H and O–H groups in total. The number of ether oxygens (including phenoxy) is 1. The van der Waals surface area contributed by atoms with E-state index in [-0.39, 0.29) is 17.4 Å². The van der Waals surface area contributed by atoms with Gasteiger partial charge in [-0.15, -0.1) is 0 Å². The number of hydrogen-bond donors (Lipinski definition) is 1. The molecular formula is C27H23BrF2N4O2. The molecule has 0 bridgehead atoms. The Labute approximate surface area is 215 Å². The van der Waals surface area contributed by atoms with Gasteiger partial charge in [0.25, 0.3) is 5.91 Å². The average molecular weight is 553 g/mol. The number of anilines is 1. The van der Waals surface area contributed by atoms with Crippen LogP contribution in [0, 0.1) is 11.6 Å². The van der Waals surface area contributed by atoms with Crippen molar-refractivity contribution < 1.29 is 18.3 Å². The van der Waals surface area contributed by atoms with E-state index in [9.17, 15) is 13.6 Å².